The number of hydrogen-bond donors (Lipinski definition) is 1. The molecule has 1 N–H and O–H groups in total. The molecule has 0 saturated carbocycles. The van der Waals surface area contributed by atoms with Crippen LogP contribution in [0, 0.1) is 5.92 Å². The number of fused-ring (bicyclic) bond motifs is 3. The fourth-order valence-corrected chi connectivity index (χ4v) is 4.49. The van der Waals surface area contributed by atoms with Crippen molar-refractivity contribution in [1.29, 1.82) is 0 Å². The number of para-hydroxylation sites is 1. The van der Waals surface area contributed by atoms with E-state index < -0.39 is 0 Å². The normalized spacial score (nSPS) is 20.6. The van der Waals surface area contributed by atoms with Gasteiger partial charge >= 0.3 is 0 Å². The Hall–Kier alpha value is -2.73. The Morgan fingerprint density at radius 3 is 2.72 bits per heavy atom. The van der Waals surface area contributed by atoms with Gasteiger partial charge in [-0.25, -0.2) is 0 Å². The van der Waals surface area contributed by atoms with Crippen molar-refractivity contribution in [3.63, 3.8) is 0 Å². The molecule has 29 heavy (non-hydrogen) atoms. The standard InChI is InChI=1S/C23H29N3O3/c1-28-13-10-24-23(27)20-14-17-8-9-19(29-2)15-21(17)26-12-11-25(16-22(20)26)18-6-4-3-5-7-18/h3-9,15,20,22H,10-14,16H2,1-2H3,(H,24,27). The largest absolute Gasteiger partial charge is 0.497 e. The van der Waals surface area contributed by atoms with Crippen LogP contribution in [-0.4, -0.2) is 59.0 Å². The highest BCUT2D eigenvalue weighted by atomic mass is 16.5. The van der Waals surface area contributed by atoms with Crippen molar-refractivity contribution in [3.05, 3.63) is 54.1 Å². The molecule has 2 aliphatic heterocycles. The van der Waals surface area contributed by atoms with E-state index in [1.807, 2.05) is 12.1 Å². The van der Waals surface area contributed by atoms with Gasteiger partial charge in [0.05, 0.1) is 25.7 Å². The molecule has 1 saturated heterocycles. The van der Waals surface area contributed by atoms with Gasteiger partial charge in [0.2, 0.25) is 5.91 Å². The highest BCUT2D eigenvalue weighted by Gasteiger charge is 2.41. The van der Waals surface area contributed by atoms with Crippen LogP contribution < -0.4 is 19.9 Å². The SMILES string of the molecule is COCCNC(=O)C1Cc2ccc(OC)cc2N2CCN(c3ccccc3)CC12. The van der Waals surface area contributed by atoms with Gasteiger partial charge in [-0.1, -0.05) is 24.3 Å². The molecule has 4 rings (SSSR count). The van der Waals surface area contributed by atoms with E-state index in [2.05, 4.69) is 51.5 Å². The number of carbonyl (C=O) groups is 1. The summed E-state index contributed by atoms with van der Waals surface area (Å²) in [5, 5.41) is 3.06. The number of nitrogens with zero attached hydrogens (tertiary/aromatic N) is 2. The van der Waals surface area contributed by atoms with E-state index in [1.165, 1.54) is 16.9 Å². The highest BCUT2D eigenvalue weighted by Crippen LogP contribution is 2.38. The predicted molar refractivity (Wildman–Crippen MR) is 115 cm³/mol. The number of rotatable bonds is 6. The molecule has 154 valence electrons. The maximum atomic E-state index is 13.1. The monoisotopic (exact) mass is 395 g/mol. The van der Waals surface area contributed by atoms with Gasteiger partial charge in [0.1, 0.15) is 5.75 Å². The molecule has 2 aliphatic rings. The van der Waals surface area contributed by atoms with Gasteiger partial charge < -0.3 is 24.6 Å². The molecule has 2 unspecified atom stereocenters. The molecule has 1 amide bonds. The second-order valence-corrected chi connectivity index (χ2v) is 7.63. The minimum Gasteiger partial charge on any atom is -0.497 e. The van der Waals surface area contributed by atoms with E-state index in [1.54, 1.807) is 14.2 Å². The summed E-state index contributed by atoms with van der Waals surface area (Å²) in [6.07, 6.45) is 0.738. The Kier molecular flexibility index (Phi) is 5.90. The number of methoxy groups -OCH3 is 2. The van der Waals surface area contributed by atoms with Crippen molar-refractivity contribution in [2.45, 2.75) is 12.5 Å². The Labute approximate surface area is 172 Å². The molecule has 2 aromatic carbocycles. The summed E-state index contributed by atoms with van der Waals surface area (Å²) in [4.78, 5) is 17.9. The summed E-state index contributed by atoms with van der Waals surface area (Å²) in [7, 11) is 3.35. The van der Waals surface area contributed by atoms with Gasteiger partial charge in [-0.2, -0.15) is 0 Å². The molecule has 2 heterocycles. The zero-order valence-corrected chi connectivity index (χ0v) is 17.1. The molecule has 0 aromatic heterocycles. The van der Waals surface area contributed by atoms with Crippen molar-refractivity contribution < 1.29 is 14.3 Å². The fourth-order valence-electron chi connectivity index (χ4n) is 4.49. The molecule has 0 bridgehead atoms. The first-order valence-corrected chi connectivity index (χ1v) is 10.2. The Balaban J connectivity index is 1.62. The second-order valence-electron chi connectivity index (χ2n) is 7.63. The fraction of sp³-hybridized carbons (Fsp3) is 0.435. The Morgan fingerprint density at radius 1 is 1.14 bits per heavy atom. The summed E-state index contributed by atoms with van der Waals surface area (Å²) in [6, 6.07) is 16.8. The molecular weight excluding hydrogens is 366 g/mol. The Bertz CT molecular complexity index is 843. The maximum absolute atomic E-state index is 13.1. The van der Waals surface area contributed by atoms with Crippen LogP contribution in [0.3, 0.4) is 0 Å². The maximum Gasteiger partial charge on any atom is 0.225 e. The van der Waals surface area contributed by atoms with Crippen molar-refractivity contribution in [2.75, 3.05) is 56.8 Å². The van der Waals surface area contributed by atoms with Gasteiger partial charge in [0, 0.05) is 50.7 Å². The second kappa shape index (κ2) is 8.74. The number of carbonyl (C=O) groups excluding carboxylic acids is 1. The topological polar surface area (TPSA) is 54.0 Å². The summed E-state index contributed by atoms with van der Waals surface area (Å²) in [6.45, 7) is 3.69. The average Bonchev–Trinajstić information content (AvgIpc) is 2.78. The van der Waals surface area contributed by atoms with Gasteiger partial charge in [0.15, 0.2) is 0 Å². The summed E-state index contributed by atoms with van der Waals surface area (Å²) in [5.41, 5.74) is 3.62. The lowest BCUT2D eigenvalue weighted by Crippen LogP contribution is -2.61. The number of piperazine rings is 1. The third-order valence-corrected chi connectivity index (χ3v) is 5.99. The Morgan fingerprint density at radius 2 is 1.97 bits per heavy atom. The molecule has 2 aromatic rings. The number of anilines is 2. The van der Waals surface area contributed by atoms with Gasteiger partial charge in [-0.15, -0.1) is 0 Å². The lowest BCUT2D eigenvalue weighted by molar-refractivity contribution is -0.126. The van der Waals surface area contributed by atoms with Crippen LogP contribution in [0.5, 0.6) is 5.75 Å². The lowest BCUT2D eigenvalue weighted by Gasteiger charge is -2.49. The summed E-state index contributed by atoms with van der Waals surface area (Å²) >= 11 is 0. The molecule has 0 aliphatic carbocycles. The first kappa shape index (κ1) is 19.6. The van der Waals surface area contributed by atoms with Crippen LogP contribution >= 0.6 is 0 Å². The van der Waals surface area contributed by atoms with Crippen LogP contribution in [0.25, 0.3) is 0 Å². The number of amides is 1. The van der Waals surface area contributed by atoms with Crippen LogP contribution in [0.15, 0.2) is 48.5 Å². The van der Waals surface area contributed by atoms with Crippen LogP contribution in [0.1, 0.15) is 5.56 Å². The van der Waals surface area contributed by atoms with E-state index in [4.69, 9.17) is 9.47 Å². The van der Waals surface area contributed by atoms with Gasteiger partial charge in [0.25, 0.3) is 0 Å². The number of benzene rings is 2. The van der Waals surface area contributed by atoms with E-state index in [0.29, 0.717) is 13.2 Å². The summed E-state index contributed by atoms with van der Waals surface area (Å²) < 4.78 is 10.6. The molecular formula is C23H29N3O3. The molecule has 6 heteroatoms. The molecule has 0 radical (unpaired) electrons. The first-order chi connectivity index (χ1) is 14.2. The summed E-state index contributed by atoms with van der Waals surface area (Å²) in [5.74, 6) is 0.865. The lowest BCUT2D eigenvalue weighted by atomic mass is 9.83. The van der Waals surface area contributed by atoms with E-state index in [0.717, 1.165) is 31.8 Å². The van der Waals surface area contributed by atoms with Crippen LogP contribution in [0.4, 0.5) is 11.4 Å². The quantitative estimate of drug-likeness (QED) is 0.761. The van der Waals surface area contributed by atoms with Crippen LogP contribution in [-0.2, 0) is 16.0 Å². The first-order valence-electron chi connectivity index (χ1n) is 10.2. The molecule has 1 fully saturated rings. The van der Waals surface area contributed by atoms with Gasteiger partial charge in [-0.05, 0) is 30.2 Å². The van der Waals surface area contributed by atoms with E-state index in [9.17, 15) is 4.79 Å². The molecule has 0 spiro atoms. The van der Waals surface area contributed by atoms with Crippen molar-refractivity contribution in [1.82, 2.24) is 5.32 Å². The minimum atomic E-state index is -0.0979. The highest BCUT2D eigenvalue weighted by molar-refractivity contribution is 5.82. The van der Waals surface area contributed by atoms with Gasteiger partial charge in [-0.3, -0.25) is 4.79 Å². The number of ether oxygens (including phenoxy) is 2. The molecule has 6 nitrogen and oxygen atoms in total. The van der Waals surface area contributed by atoms with Crippen LogP contribution in [0.2, 0.25) is 0 Å². The van der Waals surface area contributed by atoms with E-state index >= 15 is 0 Å². The number of nitrogens with one attached hydrogen (secondary N) is 1. The third kappa shape index (κ3) is 4.03. The molecule has 2 atom stereocenters. The zero-order valence-electron chi connectivity index (χ0n) is 17.1. The third-order valence-electron chi connectivity index (χ3n) is 5.99. The zero-order chi connectivity index (χ0) is 20.2. The van der Waals surface area contributed by atoms with E-state index in [-0.39, 0.29) is 17.9 Å². The van der Waals surface area contributed by atoms with Crippen molar-refractivity contribution in [2.24, 2.45) is 5.92 Å². The van der Waals surface area contributed by atoms with Crippen molar-refractivity contribution in [3.8, 4) is 5.75 Å². The minimum absolute atomic E-state index is 0.0979. The van der Waals surface area contributed by atoms with Crippen molar-refractivity contribution >= 4 is 17.3 Å². The average molecular weight is 396 g/mol. The number of hydrogen-bond acceptors (Lipinski definition) is 5. The predicted octanol–water partition coefficient (Wildman–Crippen LogP) is 2.33. The smallest absolute Gasteiger partial charge is 0.225 e.